The highest BCUT2D eigenvalue weighted by molar-refractivity contribution is 5.98. The van der Waals surface area contributed by atoms with Gasteiger partial charge in [-0.05, 0) is 56.7 Å². The zero-order valence-electron chi connectivity index (χ0n) is 21.5. The molecule has 2 aliphatic heterocycles. The summed E-state index contributed by atoms with van der Waals surface area (Å²) in [4.78, 5) is 43.5. The standard InChI is InChI=1S/C28H35N3O5/c1-5-20(3)29-25(32)24-18-36-28(31(24)27(34)22-8-6-19(2)7-9-22)14-16-30(17-15-28)26(33)21-10-12-23(35-4)13-11-21/h6-13,20,24H,5,14-18H2,1-4H3,(H,29,32)/t20-,24-/m1/s1. The minimum absolute atomic E-state index is 0.00524. The summed E-state index contributed by atoms with van der Waals surface area (Å²) in [6.07, 6.45) is 1.65. The molecule has 0 bridgehead atoms. The van der Waals surface area contributed by atoms with Crippen molar-refractivity contribution in [2.45, 2.75) is 57.8 Å². The van der Waals surface area contributed by atoms with Crippen molar-refractivity contribution in [3.05, 3.63) is 65.2 Å². The molecule has 2 aromatic rings. The van der Waals surface area contributed by atoms with Crippen LogP contribution in [0.4, 0.5) is 0 Å². The summed E-state index contributed by atoms with van der Waals surface area (Å²) in [5, 5.41) is 3.01. The molecule has 2 heterocycles. The molecule has 2 atom stereocenters. The summed E-state index contributed by atoms with van der Waals surface area (Å²) in [6, 6.07) is 13.7. The van der Waals surface area contributed by atoms with Crippen molar-refractivity contribution in [2.75, 3.05) is 26.8 Å². The number of benzene rings is 2. The van der Waals surface area contributed by atoms with Crippen molar-refractivity contribution in [1.82, 2.24) is 15.1 Å². The highest BCUT2D eigenvalue weighted by Crippen LogP contribution is 2.39. The van der Waals surface area contributed by atoms with Gasteiger partial charge in [-0.2, -0.15) is 0 Å². The molecule has 0 saturated carbocycles. The third-order valence-electron chi connectivity index (χ3n) is 7.25. The Hall–Kier alpha value is -3.39. The normalized spacial score (nSPS) is 19.7. The summed E-state index contributed by atoms with van der Waals surface area (Å²) in [5.74, 6) is 0.175. The van der Waals surface area contributed by atoms with E-state index in [1.165, 1.54) is 0 Å². The van der Waals surface area contributed by atoms with Gasteiger partial charge in [-0.15, -0.1) is 0 Å². The maximum atomic E-state index is 13.8. The van der Waals surface area contributed by atoms with Crippen LogP contribution < -0.4 is 10.1 Å². The van der Waals surface area contributed by atoms with Crippen LogP contribution >= 0.6 is 0 Å². The van der Waals surface area contributed by atoms with E-state index in [4.69, 9.17) is 9.47 Å². The molecule has 0 radical (unpaired) electrons. The van der Waals surface area contributed by atoms with E-state index in [-0.39, 0.29) is 30.4 Å². The second-order valence-electron chi connectivity index (χ2n) is 9.65. The molecular weight excluding hydrogens is 458 g/mol. The third-order valence-corrected chi connectivity index (χ3v) is 7.25. The fourth-order valence-corrected chi connectivity index (χ4v) is 4.82. The molecule has 8 nitrogen and oxygen atoms in total. The van der Waals surface area contributed by atoms with Crippen molar-refractivity contribution in [1.29, 1.82) is 0 Å². The van der Waals surface area contributed by atoms with E-state index in [1.807, 2.05) is 32.9 Å². The van der Waals surface area contributed by atoms with E-state index >= 15 is 0 Å². The van der Waals surface area contributed by atoms with Gasteiger partial charge in [-0.25, -0.2) is 0 Å². The van der Waals surface area contributed by atoms with Crippen LogP contribution in [-0.2, 0) is 9.53 Å². The van der Waals surface area contributed by atoms with Crippen LogP contribution in [0, 0.1) is 6.92 Å². The first-order chi connectivity index (χ1) is 17.3. The number of likely N-dealkylation sites (tertiary alicyclic amines) is 1. The molecule has 8 heteroatoms. The Morgan fingerprint density at radius 1 is 1.03 bits per heavy atom. The van der Waals surface area contributed by atoms with Crippen LogP contribution in [0.3, 0.4) is 0 Å². The minimum atomic E-state index is -0.934. The lowest BCUT2D eigenvalue weighted by Gasteiger charge is -2.44. The number of piperidine rings is 1. The molecule has 4 rings (SSSR count). The van der Waals surface area contributed by atoms with Gasteiger partial charge in [-0.1, -0.05) is 24.6 Å². The maximum absolute atomic E-state index is 13.8. The number of nitrogens with zero attached hydrogens (tertiary/aromatic N) is 2. The molecular formula is C28H35N3O5. The van der Waals surface area contributed by atoms with Crippen LogP contribution in [0.15, 0.2) is 48.5 Å². The Balaban J connectivity index is 1.55. The number of carbonyl (C=O) groups is 3. The minimum Gasteiger partial charge on any atom is -0.497 e. The molecule has 1 N–H and O–H groups in total. The first-order valence-electron chi connectivity index (χ1n) is 12.6. The predicted octanol–water partition coefficient (Wildman–Crippen LogP) is 3.39. The number of aryl methyl sites for hydroxylation is 1. The Morgan fingerprint density at radius 3 is 2.19 bits per heavy atom. The zero-order valence-corrected chi connectivity index (χ0v) is 21.5. The molecule has 0 unspecified atom stereocenters. The van der Waals surface area contributed by atoms with E-state index in [1.54, 1.807) is 53.3 Å². The van der Waals surface area contributed by atoms with Gasteiger partial charge >= 0.3 is 0 Å². The van der Waals surface area contributed by atoms with Gasteiger partial charge in [0.05, 0.1) is 13.7 Å². The fraction of sp³-hybridized carbons (Fsp3) is 0.464. The molecule has 36 heavy (non-hydrogen) atoms. The number of nitrogens with one attached hydrogen (secondary N) is 1. The number of hydrogen-bond donors (Lipinski definition) is 1. The molecule has 2 aliphatic rings. The maximum Gasteiger partial charge on any atom is 0.256 e. The molecule has 1 spiro atoms. The summed E-state index contributed by atoms with van der Waals surface area (Å²) in [5.41, 5.74) is 1.22. The lowest BCUT2D eigenvalue weighted by atomic mass is 9.96. The highest BCUT2D eigenvalue weighted by atomic mass is 16.5. The van der Waals surface area contributed by atoms with Gasteiger partial charge in [0, 0.05) is 43.1 Å². The lowest BCUT2D eigenvalue weighted by Crippen LogP contribution is -2.60. The van der Waals surface area contributed by atoms with E-state index < -0.39 is 11.8 Å². The Labute approximate surface area is 212 Å². The molecule has 192 valence electrons. The van der Waals surface area contributed by atoms with E-state index in [2.05, 4.69) is 5.32 Å². The second-order valence-corrected chi connectivity index (χ2v) is 9.65. The Kier molecular flexibility index (Phi) is 7.64. The first kappa shape index (κ1) is 25.7. The van der Waals surface area contributed by atoms with Gasteiger partial charge in [-0.3, -0.25) is 19.3 Å². The quantitative estimate of drug-likeness (QED) is 0.667. The van der Waals surface area contributed by atoms with Crippen molar-refractivity contribution < 1.29 is 23.9 Å². The van der Waals surface area contributed by atoms with Crippen LogP contribution in [-0.4, -0.2) is 72.1 Å². The average Bonchev–Trinajstić information content (AvgIpc) is 3.27. The van der Waals surface area contributed by atoms with Crippen LogP contribution in [0.5, 0.6) is 5.75 Å². The summed E-state index contributed by atoms with van der Waals surface area (Å²) in [7, 11) is 1.59. The fourth-order valence-electron chi connectivity index (χ4n) is 4.82. The van der Waals surface area contributed by atoms with Crippen LogP contribution in [0.25, 0.3) is 0 Å². The topological polar surface area (TPSA) is 88.2 Å². The number of hydrogen-bond acceptors (Lipinski definition) is 5. The smallest absolute Gasteiger partial charge is 0.256 e. The molecule has 0 aliphatic carbocycles. The van der Waals surface area contributed by atoms with Crippen molar-refractivity contribution in [3.8, 4) is 5.75 Å². The highest BCUT2D eigenvalue weighted by Gasteiger charge is 2.54. The number of amides is 3. The third kappa shape index (κ3) is 5.09. The second kappa shape index (κ2) is 10.7. The van der Waals surface area contributed by atoms with Crippen LogP contribution in [0.1, 0.15) is 59.4 Å². The molecule has 2 aromatic carbocycles. The first-order valence-corrected chi connectivity index (χ1v) is 12.6. The van der Waals surface area contributed by atoms with Crippen molar-refractivity contribution in [3.63, 3.8) is 0 Å². The van der Waals surface area contributed by atoms with E-state index in [0.29, 0.717) is 42.8 Å². The Bertz CT molecular complexity index is 1090. The summed E-state index contributed by atoms with van der Waals surface area (Å²) >= 11 is 0. The molecule has 2 fully saturated rings. The van der Waals surface area contributed by atoms with Crippen LogP contribution in [0.2, 0.25) is 0 Å². The number of methoxy groups -OCH3 is 1. The monoisotopic (exact) mass is 493 g/mol. The summed E-state index contributed by atoms with van der Waals surface area (Å²) < 4.78 is 11.4. The molecule has 0 aromatic heterocycles. The average molecular weight is 494 g/mol. The number of carbonyl (C=O) groups excluding carboxylic acids is 3. The van der Waals surface area contributed by atoms with Crippen molar-refractivity contribution in [2.24, 2.45) is 0 Å². The zero-order chi connectivity index (χ0) is 25.9. The van der Waals surface area contributed by atoms with Crippen molar-refractivity contribution >= 4 is 17.7 Å². The lowest BCUT2D eigenvalue weighted by molar-refractivity contribution is -0.128. The van der Waals surface area contributed by atoms with Gasteiger partial charge in [0.25, 0.3) is 11.8 Å². The Morgan fingerprint density at radius 2 is 1.61 bits per heavy atom. The molecule has 3 amide bonds. The summed E-state index contributed by atoms with van der Waals surface area (Å²) in [6.45, 7) is 6.88. The predicted molar refractivity (Wildman–Crippen MR) is 136 cm³/mol. The van der Waals surface area contributed by atoms with E-state index in [9.17, 15) is 14.4 Å². The van der Waals surface area contributed by atoms with Gasteiger partial charge in [0.2, 0.25) is 5.91 Å². The number of rotatable bonds is 6. The SMILES string of the molecule is CC[C@@H](C)NC(=O)[C@H]1COC2(CCN(C(=O)c3ccc(OC)cc3)CC2)N1C(=O)c1ccc(C)cc1. The van der Waals surface area contributed by atoms with Gasteiger partial charge in [0.1, 0.15) is 17.5 Å². The van der Waals surface area contributed by atoms with Gasteiger partial charge < -0.3 is 19.7 Å². The molecule has 2 saturated heterocycles. The largest absolute Gasteiger partial charge is 0.497 e. The van der Waals surface area contributed by atoms with E-state index in [0.717, 1.165) is 12.0 Å². The number of ether oxygens (including phenoxy) is 2. The van der Waals surface area contributed by atoms with Gasteiger partial charge in [0.15, 0.2) is 0 Å².